The van der Waals surface area contributed by atoms with Gasteiger partial charge in [-0.15, -0.1) is 0 Å². The molecule has 0 spiro atoms. The minimum atomic E-state index is -3.94. The van der Waals surface area contributed by atoms with Crippen LogP contribution >= 0.6 is 38.2 Å². The highest BCUT2D eigenvalue weighted by molar-refractivity contribution is 9.10. The molecule has 3 aromatic carbocycles. The molecule has 0 aliphatic heterocycles. The van der Waals surface area contributed by atoms with Crippen LogP contribution in [0.1, 0.15) is 0 Å². The van der Waals surface area contributed by atoms with E-state index in [1.165, 1.54) is 23.0 Å². The molecule has 0 saturated carbocycles. The Bertz CT molecular complexity index is 1710. The fourth-order valence-corrected chi connectivity index (χ4v) is 4.73. The van der Waals surface area contributed by atoms with Gasteiger partial charge in [-0.1, -0.05) is 45.7 Å². The molecular weight excluding hydrogens is 563 g/mol. The number of benzene rings is 3. The number of hydrogen-bond acceptors (Lipinski definition) is 5. The van der Waals surface area contributed by atoms with Gasteiger partial charge in [0.2, 0.25) is 0 Å². The average molecular weight is 576 g/mol. The zero-order chi connectivity index (χ0) is 24.0. The molecular formula is C23H13BrCl2N4O3S. The number of fused-ring (bicyclic) bond motifs is 1. The number of imidazole rings is 1. The molecule has 2 aromatic heterocycles. The van der Waals surface area contributed by atoms with Crippen molar-refractivity contribution in [2.75, 3.05) is 0 Å². The van der Waals surface area contributed by atoms with Gasteiger partial charge in [0.15, 0.2) is 11.2 Å². The summed E-state index contributed by atoms with van der Waals surface area (Å²) in [6, 6.07) is 20.2. The molecule has 0 bridgehead atoms. The molecule has 0 aliphatic rings. The van der Waals surface area contributed by atoms with Crippen LogP contribution in [0.5, 0.6) is 0 Å². The van der Waals surface area contributed by atoms with Crippen LogP contribution in [0.4, 0.5) is 0 Å². The number of nitrogens with zero attached hydrogens (tertiary/aromatic N) is 4. The first kappa shape index (κ1) is 22.8. The highest BCUT2D eigenvalue weighted by Crippen LogP contribution is 2.26. The Balaban J connectivity index is 1.82. The topological polar surface area (TPSA) is 86.8 Å². The molecule has 0 radical (unpaired) electrons. The molecule has 2 heterocycles. The number of rotatable bonds is 4. The zero-order valence-electron chi connectivity index (χ0n) is 17.1. The van der Waals surface area contributed by atoms with Gasteiger partial charge in [0, 0.05) is 31.4 Å². The SMILES string of the molecule is O=c1c2ncn(-c3cccc(S(=O)(=O)Cl)c3)c2nc(-c2ccc(Br)cc2)n1-c1ccc(Cl)cc1. The van der Waals surface area contributed by atoms with E-state index in [1.54, 1.807) is 41.0 Å². The van der Waals surface area contributed by atoms with Crippen LogP contribution < -0.4 is 5.56 Å². The number of aromatic nitrogens is 4. The number of hydrogen-bond donors (Lipinski definition) is 0. The molecule has 0 aliphatic carbocycles. The van der Waals surface area contributed by atoms with Gasteiger partial charge in [0.1, 0.15) is 12.2 Å². The van der Waals surface area contributed by atoms with Gasteiger partial charge in [0.25, 0.3) is 14.6 Å². The van der Waals surface area contributed by atoms with Crippen molar-refractivity contribution in [3.05, 3.63) is 99.0 Å². The third-order valence-electron chi connectivity index (χ3n) is 5.14. The summed E-state index contributed by atoms with van der Waals surface area (Å²) in [5.41, 5.74) is 1.73. The van der Waals surface area contributed by atoms with Crippen LogP contribution in [0, 0.1) is 0 Å². The molecule has 0 fully saturated rings. The van der Waals surface area contributed by atoms with Crippen LogP contribution in [0.2, 0.25) is 5.02 Å². The lowest BCUT2D eigenvalue weighted by Gasteiger charge is -2.14. The molecule has 34 heavy (non-hydrogen) atoms. The quantitative estimate of drug-likeness (QED) is 0.261. The highest BCUT2D eigenvalue weighted by Gasteiger charge is 2.20. The van der Waals surface area contributed by atoms with Gasteiger partial charge in [0.05, 0.1) is 10.6 Å². The third-order valence-corrected chi connectivity index (χ3v) is 7.27. The summed E-state index contributed by atoms with van der Waals surface area (Å²) in [5.74, 6) is 0.384. The first-order valence-electron chi connectivity index (χ1n) is 9.79. The molecule has 5 aromatic rings. The van der Waals surface area contributed by atoms with Gasteiger partial charge in [-0.3, -0.25) is 13.9 Å². The van der Waals surface area contributed by atoms with Crippen LogP contribution in [-0.2, 0) is 9.05 Å². The van der Waals surface area contributed by atoms with Crippen molar-refractivity contribution in [3.8, 4) is 22.8 Å². The van der Waals surface area contributed by atoms with E-state index in [2.05, 4.69) is 20.9 Å². The summed E-state index contributed by atoms with van der Waals surface area (Å²) < 4.78 is 27.5. The maximum atomic E-state index is 13.6. The van der Waals surface area contributed by atoms with Crippen molar-refractivity contribution < 1.29 is 8.42 Å². The molecule has 0 saturated heterocycles. The normalized spacial score (nSPS) is 11.7. The summed E-state index contributed by atoms with van der Waals surface area (Å²) in [6.07, 6.45) is 1.43. The van der Waals surface area contributed by atoms with E-state index < -0.39 is 9.05 Å². The van der Waals surface area contributed by atoms with Gasteiger partial charge in [-0.05, 0) is 54.6 Å². The largest absolute Gasteiger partial charge is 0.286 e. The fraction of sp³-hybridized carbons (Fsp3) is 0. The van der Waals surface area contributed by atoms with E-state index in [9.17, 15) is 13.2 Å². The van der Waals surface area contributed by atoms with E-state index in [0.717, 1.165) is 4.47 Å². The fourth-order valence-electron chi connectivity index (χ4n) is 3.55. The summed E-state index contributed by atoms with van der Waals surface area (Å²) >= 11 is 9.47. The van der Waals surface area contributed by atoms with Crippen molar-refractivity contribution in [1.29, 1.82) is 0 Å². The smallest absolute Gasteiger partial charge is 0.283 e. The first-order valence-corrected chi connectivity index (χ1v) is 13.3. The lowest BCUT2D eigenvalue weighted by Crippen LogP contribution is -2.22. The average Bonchev–Trinajstić information content (AvgIpc) is 3.24. The van der Waals surface area contributed by atoms with Gasteiger partial charge >= 0.3 is 0 Å². The van der Waals surface area contributed by atoms with E-state index in [0.29, 0.717) is 27.8 Å². The zero-order valence-corrected chi connectivity index (χ0v) is 21.0. The lowest BCUT2D eigenvalue weighted by molar-refractivity contribution is 0.609. The Morgan fingerprint density at radius 2 is 1.62 bits per heavy atom. The van der Waals surface area contributed by atoms with E-state index in [4.69, 9.17) is 27.3 Å². The van der Waals surface area contributed by atoms with Gasteiger partial charge in [-0.25, -0.2) is 18.4 Å². The Hall–Kier alpha value is -2.98. The second-order valence-electron chi connectivity index (χ2n) is 7.28. The Morgan fingerprint density at radius 1 is 0.912 bits per heavy atom. The van der Waals surface area contributed by atoms with E-state index in [-0.39, 0.29) is 21.6 Å². The van der Waals surface area contributed by atoms with Crippen LogP contribution in [-0.4, -0.2) is 27.5 Å². The lowest BCUT2D eigenvalue weighted by atomic mass is 10.2. The Kier molecular flexibility index (Phi) is 5.81. The molecule has 7 nitrogen and oxygen atoms in total. The van der Waals surface area contributed by atoms with E-state index in [1.807, 2.05) is 24.3 Å². The molecule has 0 N–H and O–H groups in total. The monoisotopic (exact) mass is 574 g/mol. The van der Waals surface area contributed by atoms with Gasteiger partial charge < -0.3 is 0 Å². The minimum Gasteiger partial charge on any atom is -0.283 e. The maximum Gasteiger partial charge on any atom is 0.286 e. The van der Waals surface area contributed by atoms with E-state index >= 15 is 0 Å². The standard InChI is InChI=1S/C23H13BrCl2N4O3S/c24-15-6-4-14(5-7-15)21-28-22-20(23(31)30(21)17-10-8-16(25)9-11-17)27-13-29(22)18-2-1-3-19(12-18)34(26,32)33/h1-13H. The van der Waals surface area contributed by atoms with Crippen LogP contribution in [0.3, 0.4) is 0 Å². The van der Waals surface area contributed by atoms with Crippen molar-refractivity contribution in [1.82, 2.24) is 19.1 Å². The third kappa shape index (κ3) is 4.16. The van der Waals surface area contributed by atoms with Crippen molar-refractivity contribution in [2.45, 2.75) is 4.90 Å². The Morgan fingerprint density at radius 3 is 2.29 bits per heavy atom. The Labute approximate surface area is 211 Å². The molecule has 0 amide bonds. The molecule has 0 atom stereocenters. The predicted octanol–water partition coefficient (Wildman–Crippen LogP) is 5.58. The molecule has 5 rings (SSSR count). The number of halogens is 3. The van der Waals surface area contributed by atoms with Crippen LogP contribution in [0.25, 0.3) is 33.9 Å². The summed E-state index contributed by atoms with van der Waals surface area (Å²) in [4.78, 5) is 22.6. The van der Waals surface area contributed by atoms with Gasteiger partial charge in [-0.2, -0.15) is 0 Å². The first-order chi connectivity index (χ1) is 16.2. The highest BCUT2D eigenvalue weighted by atomic mass is 79.9. The summed E-state index contributed by atoms with van der Waals surface area (Å²) in [5, 5.41) is 0.537. The molecule has 0 unspecified atom stereocenters. The molecule has 170 valence electrons. The maximum absolute atomic E-state index is 13.6. The predicted molar refractivity (Wildman–Crippen MR) is 136 cm³/mol. The molecule has 11 heteroatoms. The second-order valence-corrected chi connectivity index (χ2v) is 11.2. The van der Waals surface area contributed by atoms with Crippen molar-refractivity contribution in [2.24, 2.45) is 0 Å². The summed E-state index contributed by atoms with van der Waals surface area (Å²) in [6.45, 7) is 0. The second kappa shape index (κ2) is 8.66. The summed E-state index contributed by atoms with van der Waals surface area (Å²) in [7, 11) is 1.58. The van der Waals surface area contributed by atoms with Crippen molar-refractivity contribution >= 4 is 58.4 Å². The minimum absolute atomic E-state index is 0.0730. The van der Waals surface area contributed by atoms with Crippen molar-refractivity contribution in [3.63, 3.8) is 0 Å². The van der Waals surface area contributed by atoms with Crippen LogP contribution in [0.15, 0.2) is 93.3 Å².